The monoisotopic (exact) mass is 429 g/mol. The van der Waals surface area contributed by atoms with Crippen molar-refractivity contribution in [1.82, 2.24) is 4.57 Å². The second-order valence-corrected chi connectivity index (χ2v) is 6.60. The minimum Gasteiger partial charge on any atom is -0.495 e. The minimum atomic E-state index is -4.83. The molecule has 3 aromatic rings. The van der Waals surface area contributed by atoms with Gasteiger partial charge in [0.15, 0.2) is 0 Å². The topological polar surface area (TPSA) is 40.5 Å². The summed E-state index contributed by atoms with van der Waals surface area (Å²) in [6.07, 6.45) is -4.83. The summed E-state index contributed by atoms with van der Waals surface area (Å²) < 4.78 is 64.5. The van der Waals surface area contributed by atoms with Crippen LogP contribution in [0.25, 0.3) is 10.9 Å². The Kier molecular flexibility index (Phi) is 5.75. The van der Waals surface area contributed by atoms with Crippen molar-refractivity contribution in [2.24, 2.45) is 0 Å². The van der Waals surface area contributed by atoms with Gasteiger partial charge >= 0.3 is 12.1 Å². The van der Waals surface area contributed by atoms with Crippen molar-refractivity contribution in [3.63, 3.8) is 0 Å². The van der Waals surface area contributed by atoms with E-state index in [0.717, 1.165) is 12.1 Å². The molecule has 0 unspecified atom stereocenters. The van der Waals surface area contributed by atoms with Crippen LogP contribution in [0, 0.1) is 5.82 Å². The number of hydrogen-bond donors (Lipinski definition) is 0. The molecule has 0 radical (unpaired) electrons. The molecule has 0 spiro atoms. The molecule has 0 N–H and O–H groups in total. The smallest absolute Gasteiger partial charge is 0.419 e. The Bertz CT molecular complexity index is 1080. The Balaban J connectivity index is 2.16. The van der Waals surface area contributed by atoms with Gasteiger partial charge in [0.25, 0.3) is 0 Å². The van der Waals surface area contributed by atoms with Crippen molar-refractivity contribution in [3.05, 3.63) is 64.1 Å². The number of nitrogens with zero attached hydrogens (tertiary/aromatic N) is 1. The maximum absolute atomic E-state index is 13.6. The summed E-state index contributed by atoms with van der Waals surface area (Å²) >= 11 is 6.18. The maximum Gasteiger partial charge on any atom is 0.419 e. The molecule has 0 aliphatic heterocycles. The van der Waals surface area contributed by atoms with E-state index in [-0.39, 0.29) is 29.4 Å². The quantitative estimate of drug-likeness (QED) is 0.386. The molecule has 4 nitrogen and oxygen atoms in total. The zero-order chi connectivity index (χ0) is 21.3. The van der Waals surface area contributed by atoms with E-state index in [1.807, 2.05) is 0 Å². The van der Waals surface area contributed by atoms with Crippen molar-refractivity contribution < 1.29 is 31.8 Å². The predicted octanol–water partition coefficient (Wildman–Crippen LogP) is 5.69. The number of esters is 1. The van der Waals surface area contributed by atoms with E-state index in [1.54, 1.807) is 25.1 Å². The molecule has 0 amide bonds. The fourth-order valence-electron chi connectivity index (χ4n) is 3.03. The van der Waals surface area contributed by atoms with Gasteiger partial charge in [-0.2, -0.15) is 13.2 Å². The molecule has 0 aliphatic rings. The third-order valence-corrected chi connectivity index (χ3v) is 4.63. The second-order valence-electron chi connectivity index (χ2n) is 6.19. The Morgan fingerprint density at radius 1 is 1.17 bits per heavy atom. The highest BCUT2D eigenvalue weighted by atomic mass is 35.5. The number of aromatic nitrogens is 1. The highest BCUT2D eigenvalue weighted by Gasteiger charge is 2.34. The molecule has 0 atom stereocenters. The molecule has 3 rings (SSSR count). The Labute approximate surface area is 168 Å². The van der Waals surface area contributed by atoms with Crippen molar-refractivity contribution in [2.75, 3.05) is 13.7 Å². The first kappa shape index (κ1) is 21.0. The van der Waals surface area contributed by atoms with Crippen LogP contribution < -0.4 is 4.74 Å². The minimum absolute atomic E-state index is 0.121. The first-order valence-electron chi connectivity index (χ1n) is 8.55. The molecule has 0 saturated carbocycles. The summed E-state index contributed by atoms with van der Waals surface area (Å²) in [5, 5.41) is 0.859. The van der Waals surface area contributed by atoms with Gasteiger partial charge in [0, 0.05) is 11.9 Å². The number of hydrogen-bond acceptors (Lipinski definition) is 3. The first-order valence-corrected chi connectivity index (χ1v) is 8.93. The lowest BCUT2D eigenvalue weighted by Gasteiger charge is -2.14. The molecule has 1 aromatic heterocycles. The largest absolute Gasteiger partial charge is 0.495 e. The number of alkyl halides is 3. The van der Waals surface area contributed by atoms with E-state index in [2.05, 4.69) is 0 Å². The number of halogens is 5. The normalized spacial score (nSPS) is 11.7. The molecule has 2 aromatic carbocycles. The van der Waals surface area contributed by atoms with E-state index in [9.17, 15) is 22.4 Å². The zero-order valence-electron chi connectivity index (χ0n) is 15.4. The van der Waals surface area contributed by atoms with E-state index in [4.69, 9.17) is 21.1 Å². The van der Waals surface area contributed by atoms with E-state index >= 15 is 0 Å². The number of methoxy groups -OCH3 is 1. The highest BCUT2D eigenvalue weighted by Crippen LogP contribution is 2.34. The van der Waals surface area contributed by atoms with Crippen LogP contribution >= 0.6 is 11.6 Å². The van der Waals surface area contributed by atoms with Gasteiger partial charge in [-0.15, -0.1) is 0 Å². The van der Waals surface area contributed by atoms with Gasteiger partial charge in [-0.05, 0) is 42.8 Å². The number of fused-ring (bicyclic) bond motifs is 1. The van der Waals surface area contributed by atoms with Crippen LogP contribution in [0.15, 0.2) is 36.4 Å². The SMILES string of the molecule is CCOC(=O)c1cc2cc(OC)c(Cl)cc2n1Cc1ccc(F)c(C(F)(F)F)c1. The fraction of sp³-hybridized carbons (Fsp3) is 0.250. The van der Waals surface area contributed by atoms with Crippen LogP contribution in [0.4, 0.5) is 17.6 Å². The maximum atomic E-state index is 13.6. The van der Waals surface area contributed by atoms with Gasteiger partial charge in [-0.25, -0.2) is 9.18 Å². The lowest BCUT2D eigenvalue weighted by molar-refractivity contribution is -0.140. The van der Waals surface area contributed by atoms with Gasteiger partial charge in [0.1, 0.15) is 17.3 Å². The molecule has 29 heavy (non-hydrogen) atoms. The summed E-state index contributed by atoms with van der Waals surface area (Å²) in [4.78, 5) is 12.4. The van der Waals surface area contributed by atoms with Crippen molar-refractivity contribution >= 4 is 28.5 Å². The van der Waals surface area contributed by atoms with Crippen LogP contribution in [0.2, 0.25) is 5.02 Å². The van der Waals surface area contributed by atoms with Crippen LogP contribution in [0.5, 0.6) is 5.75 Å². The number of ether oxygens (including phenoxy) is 2. The molecule has 0 aliphatic carbocycles. The number of carbonyl (C=O) groups is 1. The third kappa shape index (κ3) is 4.17. The number of benzene rings is 2. The standard InChI is InChI=1S/C20H16ClF4NO3/c1-3-29-19(27)17-7-12-8-18(28-2)14(21)9-16(12)26(17)10-11-4-5-15(22)13(6-11)20(23,24)25/h4-9H,3,10H2,1-2H3. The summed E-state index contributed by atoms with van der Waals surface area (Å²) in [6.45, 7) is 1.64. The average molecular weight is 430 g/mol. The molecule has 9 heteroatoms. The Morgan fingerprint density at radius 3 is 2.52 bits per heavy atom. The molecular formula is C20H16ClF4NO3. The first-order chi connectivity index (χ1) is 13.7. The summed E-state index contributed by atoms with van der Waals surface area (Å²) in [6, 6.07) is 7.41. The van der Waals surface area contributed by atoms with E-state index < -0.39 is 23.5 Å². The van der Waals surface area contributed by atoms with E-state index in [0.29, 0.717) is 16.7 Å². The van der Waals surface area contributed by atoms with E-state index in [1.165, 1.54) is 17.7 Å². The van der Waals surface area contributed by atoms with Gasteiger partial charge in [0.05, 0.1) is 29.8 Å². The van der Waals surface area contributed by atoms with Gasteiger partial charge in [-0.3, -0.25) is 0 Å². The van der Waals surface area contributed by atoms with Crippen LogP contribution in [-0.2, 0) is 17.5 Å². The average Bonchev–Trinajstić information content (AvgIpc) is 2.99. The van der Waals surface area contributed by atoms with Gasteiger partial charge in [-0.1, -0.05) is 17.7 Å². The van der Waals surface area contributed by atoms with Crippen LogP contribution in [0.1, 0.15) is 28.5 Å². The molecule has 0 bridgehead atoms. The van der Waals surface area contributed by atoms with Crippen molar-refractivity contribution in [2.45, 2.75) is 19.6 Å². The summed E-state index contributed by atoms with van der Waals surface area (Å²) in [5.74, 6) is -1.62. The number of carbonyl (C=O) groups excluding carboxylic acids is 1. The molecular weight excluding hydrogens is 414 g/mol. The number of rotatable bonds is 5. The van der Waals surface area contributed by atoms with Crippen molar-refractivity contribution in [1.29, 1.82) is 0 Å². The Hall–Kier alpha value is -2.74. The van der Waals surface area contributed by atoms with Crippen LogP contribution in [0.3, 0.4) is 0 Å². The zero-order valence-corrected chi connectivity index (χ0v) is 16.2. The third-order valence-electron chi connectivity index (χ3n) is 4.34. The molecule has 0 fully saturated rings. The molecule has 1 heterocycles. The molecule has 154 valence electrons. The fourth-order valence-corrected chi connectivity index (χ4v) is 3.27. The van der Waals surface area contributed by atoms with Gasteiger partial charge < -0.3 is 14.0 Å². The lowest BCUT2D eigenvalue weighted by atomic mass is 10.1. The lowest BCUT2D eigenvalue weighted by Crippen LogP contribution is -2.14. The second kappa shape index (κ2) is 7.94. The summed E-state index contributed by atoms with van der Waals surface area (Å²) in [7, 11) is 1.44. The van der Waals surface area contributed by atoms with Crippen molar-refractivity contribution in [3.8, 4) is 5.75 Å². The molecule has 0 saturated heterocycles. The van der Waals surface area contributed by atoms with Gasteiger partial charge in [0.2, 0.25) is 0 Å². The predicted molar refractivity (Wildman–Crippen MR) is 100.0 cm³/mol. The summed E-state index contributed by atoms with van der Waals surface area (Å²) in [5.41, 5.74) is -0.585. The Morgan fingerprint density at radius 2 is 1.90 bits per heavy atom. The highest BCUT2D eigenvalue weighted by molar-refractivity contribution is 6.32. The van der Waals surface area contributed by atoms with Crippen LogP contribution in [-0.4, -0.2) is 24.3 Å².